The monoisotopic (exact) mass is 373 g/mol. The van der Waals surface area contributed by atoms with E-state index in [2.05, 4.69) is 10.1 Å². The Labute approximate surface area is 152 Å². The highest BCUT2D eigenvalue weighted by atomic mass is 32.2. The molecule has 0 aliphatic heterocycles. The molecule has 0 aromatic heterocycles. The van der Waals surface area contributed by atoms with E-state index in [4.69, 9.17) is 4.74 Å². The molecule has 2 rings (SSSR count). The van der Waals surface area contributed by atoms with Gasteiger partial charge in [-0.3, -0.25) is 0 Å². The molecule has 0 radical (unpaired) electrons. The first kappa shape index (κ1) is 19.3. The molecule has 0 fully saturated rings. The minimum atomic E-state index is -3.81. The van der Waals surface area contributed by atoms with Gasteiger partial charge in [0.15, 0.2) is 0 Å². The van der Waals surface area contributed by atoms with E-state index in [0.717, 1.165) is 6.08 Å². The Hall–Kier alpha value is -3.06. The Bertz CT molecular complexity index is 901. The summed E-state index contributed by atoms with van der Waals surface area (Å²) in [4.78, 5) is 11.4. The van der Waals surface area contributed by atoms with E-state index < -0.39 is 15.8 Å². The molecule has 1 N–H and O–H groups in total. The predicted octanol–water partition coefficient (Wildman–Crippen LogP) is 3.15. The van der Waals surface area contributed by atoms with Crippen molar-refractivity contribution in [1.82, 2.24) is 0 Å². The summed E-state index contributed by atoms with van der Waals surface area (Å²) in [6, 6.07) is 14.9. The largest absolute Gasteiger partial charge is 0.497 e. The summed E-state index contributed by atoms with van der Waals surface area (Å²) in [5.74, 6) is 0.0332. The van der Waals surface area contributed by atoms with Crippen molar-refractivity contribution in [3.63, 3.8) is 0 Å². The summed E-state index contributed by atoms with van der Waals surface area (Å²) in [7, 11) is -1.03. The zero-order valence-electron chi connectivity index (χ0n) is 14.4. The lowest BCUT2D eigenvalue weighted by molar-refractivity contribution is -0.134. The van der Waals surface area contributed by atoms with Gasteiger partial charge >= 0.3 is 5.97 Å². The zero-order chi connectivity index (χ0) is 19.0. The van der Waals surface area contributed by atoms with Gasteiger partial charge in [0, 0.05) is 18.0 Å². The Morgan fingerprint density at radius 3 is 2.19 bits per heavy atom. The quantitative estimate of drug-likeness (QED) is 0.456. The third-order valence-electron chi connectivity index (χ3n) is 3.42. The molecule has 0 unspecified atom stereocenters. The number of methoxy groups -OCH3 is 2. The van der Waals surface area contributed by atoms with E-state index in [-0.39, 0.29) is 9.80 Å². The molecule has 6 nitrogen and oxygen atoms in total. The molecule has 0 saturated carbocycles. The molecule has 0 heterocycles. The highest BCUT2D eigenvalue weighted by Crippen LogP contribution is 2.21. The van der Waals surface area contributed by atoms with E-state index in [1.807, 2.05) is 0 Å². The van der Waals surface area contributed by atoms with Crippen molar-refractivity contribution in [3.8, 4) is 5.75 Å². The van der Waals surface area contributed by atoms with Crippen molar-refractivity contribution in [3.05, 3.63) is 77.9 Å². The lowest BCUT2D eigenvalue weighted by Crippen LogP contribution is -2.06. The summed E-state index contributed by atoms with van der Waals surface area (Å²) >= 11 is 0. The number of anilines is 1. The van der Waals surface area contributed by atoms with Gasteiger partial charge < -0.3 is 14.8 Å². The Morgan fingerprint density at radius 1 is 0.962 bits per heavy atom. The topological polar surface area (TPSA) is 81.7 Å². The smallest absolute Gasteiger partial charge is 0.330 e. The van der Waals surface area contributed by atoms with Gasteiger partial charge in [0.25, 0.3) is 0 Å². The van der Waals surface area contributed by atoms with Crippen molar-refractivity contribution < 1.29 is 22.7 Å². The van der Waals surface area contributed by atoms with Gasteiger partial charge in [-0.2, -0.15) is 0 Å². The SMILES string of the molecule is COC(=O)C=CC(=CNc1ccc(OC)cc1)S(=O)(=O)c1ccccc1. The van der Waals surface area contributed by atoms with Gasteiger partial charge in [0.1, 0.15) is 5.75 Å². The molecule has 0 spiro atoms. The number of carbonyl (C=O) groups is 1. The highest BCUT2D eigenvalue weighted by molar-refractivity contribution is 7.95. The van der Waals surface area contributed by atoms with E-state index >= 15 is 0 Å². The van der Waals surface area contributed by atoms with Crippen LogP contribution in [0.3, 0.4) is 0 Å². The molecule has 0 saturated heterocycles. The van der Waals surface area contributed by atoms with Crippen LogP contribution in [0.1, 0.15) is 0 Å². The molecule has 0 bridgehead atoms. The summed E-state index contributed by atoms with van der Waals surface area (Å²) in [5.41, 5.74) is 0.665. The van der Waals surface area contributed by atoms with Crippen LogP contribution in [0.15, 0.2) is 82.7 Å². The maximum Gasteiger partial charge on any atom is 0.330 e. The summed E-state index contributed by atoms with van der Waals surface area (Å²) in [6.45, 7) is 0. The van der Waals surface area contributed by atoms with Crippen molar-refractivity contribution in [1.29, 1.82) is 0 Å². The number of ether oxygens (including phenoxy) is 2. The van der Waals surface area contributed by atoms with Gasteiger partial charge in [0.2, 0.25) is 9.84 Å². The number of esters is 1. The minimum absolute atomic E-state index is 0.0788. The van der Waals surface area contributed by atoms with Crippen LogP contribution in [0.4, 0.5) is 5.69 Å². The number of nitrogens with one attached hydrogen (secondary N) is 1. The van der Waals surface area contributed by atoms with Crippen LogP contribution in [-0.2, 0) is 19.4 Å². The maximum absolute atomic E-state index is 12.8. The molecule has 0 aliphatic carbocycles. The Balaban J connectivity index is 2.36. The second-order valence-electron chi connectivity index (χ2n) is 5.09. The lowest BCUT2D eigenvalue weighted by atomic mass is 10.3. The van der Waals surface area contributed by atoms with Crippen LogP contribution in [-0.4, -0.2) is 28.6 Å². The minimum Gasteiger partial charge on any atom is -0.497 e. The molecule has 0 amide bonds. The number of sulfone groups is 1. The van der Waals surface area contributed by atoms with Crippen LogP contribution in [0, 0.1) is 0 Å². The van der Waals surface area contributed by atoms with E-state index in [9.17, 15) is 13.2 Å². The van der Waals surface area contributed by atoms with Crippen molar-refractivity contribution in [2.24, 2.45) is 0 Å². The second-order valence-corrected chi connectivity index (χ2v) is 7.04. The van der Waals surface area contributed by atoms with Crippen molar-refractivity contribution >= 4 is 21.5 Å². The molecule has 0 atom stereocenters. The number of allylic oxidation sites excluding steroid dienone is 1. The van der Waals surface area contributed by atoms with Crippen LogP contribution >= 0.6 is 0 Å². The summed E-state index contributed by atoms with van der Waals surface area (Å²) in [5, 5.41) is 2.91. The third kappa shape index (κ3) is 4.97. The molecule has 2 aromatic rings. The molecule has 0 aliphatic rings. The Morgan fingerprint density at radius 2 is 1.62 bits per heavy atom. The molecule has 2 aromatic carbocycles. The van der Waals surface area contributed by atoms with Gasteiger partial charge in [-0.05, 0) is 42.5 Å². The fourth-order valence-corrected chi connectivity index (χ4v) is 3.26. The molecule has 7 heteroatoms. The van der Waals surface area contributed by atoms with Gasteiger partial charge in [-0.15, -0.1) is 0 Å². The molecular weight excluding hydrogens is 354 g/mol. The van der Waals surface area contributed by atoms with Crippen LogP contribution < -0.4 is 10.1 Å². The summed E-state index contributed by atoms with van der Waals surface area (Å²) < 4.78 is 35.3. The second kappa shape index (κ2) is 8.87. The predicted molar refractivity (Wildman–Crippen MR) is 99.5 cm³/mol. The Kier molecular flexibility index (Phi) is 6.57. The maximum atomic E-state index is 12.8. The van der Waals surface area contributed by atoms with E-state index in [1.54, 1.807) is 49.6 Å². The number of hydrogen-bond acceptors (Lipinski definition) is 6. The molecule has 136 valence electrons. The first-order valence-electron chi connectivity index (χ1n) is 7.64. The highest BCUT2D eigenvalue weighted by Gasteiger charge is 2.18. The summed E-state index contributed by atoms with van der Waals surface area (Å²) in [6.07, 6.45) is 3.58. The van der Waals surface area contributed by atoms with Gasteiger partial charge in [0.05, 0.1) is 24.0 Å². The third-order valence-corrected chi connectivity index (χ3v) is 5.19. The van der Waals surface area contributed by atoms with Crippen LogP contribution in [0.2, 0.25) is 0 Å². The number of benzene rings is 2. The molecule has 26 heavy (non-hydrogen) atoms. The van der Waals surface area contributed by atoms with Gasteiger partial charge in [-0.25, -0.2) is 13.2 Å². The van der Waals surface area contributed by atoms with Crippen molar-refractivity contribution in [2.45, 2.75) is 4.90 Å². The fraction of sp³-hybridized carbons (Fsp3) is 0.105. The first-order chi connectivity index (χ1) is 12.5. The average molecular weight is 373 g/mol. The van der Waals surface area contributed by atoms with Crippen LogP contribution in [0.25, 0.3) is 0 Å². The standard InChI is InChI=1S/C19H19NO5S/c1-24-16-10-8-15(9-11-16)20-14-18(12-13-19(21)25-2)26(22,23)17-6-4-3-5-7-17/h3-14,20H,1-2H3. The number of hydrogen-bond donors (Lipinski definition) is 1. The average Bonchev–Trinajstić information content (AvgIpc) is 2.68. The normalized spacial score (nSPS) is 12.0. The first-order valence-corrected chi connectivity index (χ1v) is 9.12. The molecular formula is C19H19NO5S. The number of rotatable bonds is 7. The van der Waals surface area contributed by atoms with Gasteiger partial charge in [-0.1, -0.05) is 18.2 Å². The van der Waals surface area contributed by atoms with E-state index in [0.29, 0.717) is 11.4 Å². The fourth-order valence-electron chi connectivity index (χ4n) is 2.01. The lowest BCUT2D eigenvalue weighted by Gasteiger charge is -2.08. The van der Waals surface area contributed by atoms with E-state index in [1.165, 1.54) is 31.5 Å². The zero-order valence-corrected chi connectivity index (χ0v) is 15.2. The van der Waals surface area contributed by atoms with Crippen molar-refractivity contribution in [2.75, 3.05) is 19.5 Å². The van der Waals surface area contributed by atoms with Crippen LogP contribution in [0.5, 0.6) is 5.75 Å². The number of carbonyl (C=O) groups excluding carboxylic acids is 1.